The van der Waals surface area contributed by atoms with Crippen LogP contribution in [0.25, 0.3) is 16.8 Å². The fourth-order valence-electron chi connectivity index (χ4n) is 3.19. The van der Waals surface area contributed by atoms with Crippen molar-refractivity contribution < 1.29 is 27.2 Å². The van der Waals surface area contributed by atoms with Crippen LogP contribution in [0.5, 0.6) is 5.88 Å². The molecule has 3 heterocycles. The Morgan fingerprint density at radius 2 is 1.83 bits per heavy atom. The number of aromatic nitrogens is 4. The van der Waals surface area contributed by atoms with E-state index in [0.717, 1.165) is 6.07 Å². The Kier molecular flexibility index (Phi) is 4.69. The maximum absolute atomic E-state index is 13.7. The van der Waals surface area contributed by atoms with Gasteiger partial charge in [0, 0.05) is 24.0 Å². The minimum Gasteiger partial charge on any atom is -0.477 e. The molecule has 0 fully saturated rings. The minimum absolute atomic E-state index is 0.0424. The lowest BCUT2D eigenvalue weighted by Gasteiger charge is -2.12. The first-order chi connectivity index (χ1) is 14.3. The highest BCUT2D eigenvalue weighted by Gasteiger charge is 2.35. The van der Waals surface area contributed by atoms with Crippen LogP contribution in [0.4, 0.5) is 17.6 Å². The van der Waals surface area contributed by atoms with Crippen LogP contribution < -0.4 is 10.1 Å². The molecular formula is C20H13F4N4O2+. The lowest BCUT2D eigenvalue weighted by molar-refractivity contribution is -0.671. The molecule has 0 saturated carbocycles. The van der Waals surface area contributed by atoms with E-state index < -0.39 is 29.0 Å². The first-order valence-electron chi connectivity index (χ1n) is 8.64. The molecule has 152 valence electrons. The van der Waals surface area contributed by atoms with E-state index in [2.05, 4.69) is 9.97 Å². The van der Waals surface area contributed by atoms with Crippen LogP contribution in [0, 0.1) is 5.82 Å². The van der Waals surface area contributed by atoms with Gasteiger partial charge < -0.3 is 5.11 Å². The maximum atomic E-state index is 13.7. The first kappa shape index (κ1) is 19.5. The molecule has 0 amide bonds. The molecule has 4 aromatic rings. The Hall–Kier alpha value is -3.82. The number of hydrogen-bond acceptors (Lipinski definition) is 4. The zero-order valence-corrected chi connectivity index (χ0v) is 15.1. The van der Waals surface area contributed by atoms with Gasteiger partial charge in [0.25, 0.3) is 11.5 Å². The molecular weight excluding hydrogens is 404 g/mol. The van der Waals surface area contributed by atoms with Gasteiger partial charge in [-0.3, -0.25) is 0 Å². The van der Waals surface area contributed by atoms with Crippen molar-refractivity contribution >= 4 is 5.65 Å². The third-order valence-corrected chi connectivity index (χ3v) is 4.54. The monoisotopic (exact) mass is 417 g/mol. The summed E-state index contributed by atoms with van der Waals surface area (Å²) in [5.74, 6) is -2.03. The summed E-state index contributed by atoms with van der Waals surface area (Å²) < 4.78 is 55.7. The summed E-state index contributed by atoms with van der Waals surface area (Å²) in [5.41, 5.74) is -2.04. The Labute approximate surface area is 166 Å². The van der Waals surface area contributed by atoms with E-state index in [4.69, 9.17) is 0 Å². The summed E-state index contributed by atoms with van der Waals surface area (Å²) in [6.07, 6.45) is 0.795. The third kappa shape index (κ3) is 3.36. The van der Waals surface area contributed by atoms with Gasteiger partial charge >= 0.3 is 11.7 Å². The summed E-state index contributed by atoms with van der Waals surface area (Å²) in [4.78, 5) is 20.8. The molecule has 3 aromatic heterocycles. The van der Waals surface area contributed by atoms with Crippen LogP contribution in [-0.2, 0) is 12.7 Å². The minimum atomic E-state index is -4.96. The summed E-state index contributed by atoms with van der Waals surface area (Å²) in [5, 5.41) is 10.9. The molecule has 0 saturated heterocycles. The molecule has 0 atom stereocenters. The van der Waals surface area contributed by atoms with Crippen molar-refractivity contribution in [2.45, 2.75) is 12.7 Å². The maximum Gasteiger partial charge on any atom is 0.419 e. The van der Waals surface area contributed by atoms with Crippen LogP contribution in [0.1, 0.15) is 11.1 Å². The van der Waals surface area contributed by atoms with Crippen LogP contribution in [0.3, 0.4) is 0 Å². The molecule has 1 aromatic carbocycles. The smallest absolute Gasteiger partial charge is 0.419 e. The Morgan fingerprint density at radius 3 is 2.53 bits per heavy atom. The van der Waals surface area contributed by atoms with Crippen molar-refractivity contribution in [3.63, 3.8) is 0 Å². The van der Waals surface area contributed by atoms with Gasteiger partial charge in [0.05, 0.1) is 11.8 Å². The van der Waals surface area contributed by atoms with Gasteiger partial charge in [-0.25, -0.2) is 19.2 Å². The normalized spacial score (nSPS) is 11.7. The van der Waals surface area contributed by atoms with Gasteiger partial charge in [-0.1, -0.05) is 12.1 Å². The second kappa shape index (κ2) is 7.21. The molecule has 4 rings (SSSR count). The standard InChI is InChI=1S/C20H12F4N4O2/c21-15-5-4-13(7-14(15)20(22,23)24)17-18(29)27-6-2-1-3-16(27)28(19(17)30)10-12-8-25-11-26-9-12/h1-9,11H,10H2/p+1. The SMILES string of the molecule is O=c1c(-c2ccc(F)c(C(F)(F)F)c2)c(O)[n+](Cc2cncnc2)c2ccccn12. The number of alkyl halides is 3. The van der Waals surface area contributed by atoms with E-state index in [1.807, 2.05) is 0 Å². The average molecular weight is 417 g/mol. The van der Waals surface area contributed by atoms with Crippen LogP contribution in [-0.4, -0.2) is 19.5 Å². The summed E-state index contributed by atoms with van der Waals surface area (Å²) in [6, 6.07) is 6.93. The second-order valence-corrected chi connectivity index (χ2v) is 6.46. The van der Waals surface area contributed by atoms with Gasteiger partial charge in [-0.15, -0.1) is 0 Å². The molecule has 30 heavy (non-hydrogen) atoms. The van der Waals surface area contributed by atoms with E-state index in [1.54, 1.807) is 18.2 Å². The number of halogens is 4. The fourth-order valence-corrected chi connectivity index (χ4v) is 3.19. The summed E-state index contributed by atoms with van der Waals surface area (Å²) in [7, 11) is 0. The highest BCUT2D eigenvalue weighted by Crippen LogP contribution is 2.35. The topological polar surface area (TPSA) is 71.4 Å². The molecule has 6 nitrogen and oxygen atoms in total. The van der Waals surface area contributed by atoms with Crippen molar-refractivity contribution in [3.8, 4) is 17.0 Å². The van der Waals surface area contributed by atoms with Crippen molar-refractivity contribution in [3.05, 3.63) is 88.6 Å². The quantitative estimate of drug-likeness (QED) is 0.411. The van der Waals surface area contributed by atoms with E-state index in [9.17, 15) is 27.5 Å². The van der Waals surface area contributed by atoms with Gasteiger partial charge in [0.1, 0.15) is 18.7 Å². The number of nitrogens with zero attached hydrogens (tertiary/aromatic N) is 4. The molecule has 1 N–H and O–H groups in total. The number of hydrogen-bond donors (Lipinski definition) is 1. The van der Waals surface area contributed by atoms with Crippen LogP contribution in [0.2, 0.25) is 0 Å². The number of fused-ring (bicyclic) bond motifs is 1. The molecule has 0 unspecified atom stereocenters. The van der Waals surface area contributed by atoms with Gasteiger partial charge in [-0.05, 0) is 23.8 Å². The number of rotatable bonds is 3. The van der Waals surface area contributed by atoms with Crippen LogP contribution in [0.15, 0.2) is 66.1 Å². The number of pyridine rings is 1. The Balaban J connectivity index is 2.01. The fraction of sp³-hybridized carbons (Fsp3) is 0.100. The molecule has 0 spiro atoms. The zero-order valence-electron chi connectivity index (χ0n) is 15.1. The van der Waals surface area contributed by atoms with E-state index in [0.29, 0.717) is 23.3 Å². The highest BCUT2D eigenvalue weighted by molar-refractivity contribution is 5.68. The highest BCUT2D eigenvalue weighted by atomic mass is 19.4. The van der Waals surface area contributed by atoms with E-state index >= 15 is 0 Å². The third-order valence-electron chi connectivity index (χ3n) is 4.54. The second-order valence-electron chi connectivity index (χ2n) is 6.46. The summed E-state index contributed by atoms with van der Waals surface area (Å²) >= 11 is 0. The molecule has 0 aliphatic carbocycles. The Morgan fingerprint density at radius 1 is 1.10 bits per heavy atom. The van der Waals surface area contributed by atoms with Gasteiger partial charge in [-0.2, -0.15) is 22.1 Å². The van der Waals surface area contributed by atoms with Crippen molar-refractivity contribution in [2.75, 3.05) is 0 Å². The van der Waals surface area contributed by atoms with E-state index in [-0.39, 0.29) is 17.7 Å². The molecule has 0 aliphatic heterocycles. The molecule has 0 radical (unpaired) electrons. The van der Waals surface area contributed by atoms with Crippen molar-refractivity contribution in [2.24, 2.45) is 0 Å². The largest absolute Gasteiger partial charge is 0.477 e. The van der Waals surface area contributed by atoms with E-state index in [1.165, 1.54) is 33.9 Å². The zero-order chi connectivity index (χ0) is 21.5. The van der Waals surface area contributed by atoms with Gasteiger partial charge in [0.15, 0.2) is 5.56 Å². The molecule has 10 heteroatoms. The Bertz CT molecular complexity index is 1300. The number of benzene rings is 1. The van der Waals surface area contributed by atoms with Crippen LogP contribution >= 0.6 is 0 Å². The van der Waals surface area contributed by atoms with Crippen molar-refractivity contribution in [1.29, 1.82) is 0 Å². The summed E-state index contributed by atoms with van der Waals surface area (Å²) in [6.45, 7) is 0.0424. The predicted octanol–water partition coefficient (Wildman–Crippen LogP) is 2.96. The average Bonchev–Trinajstić information content (AvgIpc) is 2.72. The molecule has 0 bridgehead atoms. The van der Waals surface area contributed by atoms with Crippen molar-refractivity contribution in [1.82, 2.24) is 14.4 Å². The van der Waals surface area contributed by atoms with Gasteiger partial charge in [0.2, 0.25) is 0 Å². The lowest BCUT2D eigenvalue weighted by atomic mass is 10.0. The predicted molar refractivity (Wildman–Crippen MR) is 97.1 cm³/mol. The first-order valence-corrected chi connectivity index (χ1v) is 8.64. The number of aromatic hydroxyl groups is 1. The molecule has 0 aliphatic rings. The lowest BCUT2D eigenvalue weighted by Crippen LogP contribution is -2.41.